The molecule has 9 heteroatoms. The number of rotatable bonds is 4. The Hall–Kier alpha value is -1.03. The van der Waals surface area contributed by atoms with E-state index in [2.05, 4.69) is 4.72 Å². The van der Waals surface area contributed by atoms with Crippen molar-refractivity contribution < 1.29 is 21.2 Å². The lowest BCUT2D eigenvalue weighted by Gasteiger charge is -2.30. The smallest absolute Gasteiger partial charge is 0.213 e. The first-order valence-electron chi connectivity index (χ1n) is 6.42. The molecule has 118 valence electrons. The molecule has 1 aliphatic rings. The molecule has 0 spiro atoms. The zero-order valence-corrected chi connectivity index (χ0v) is 13.1. The van der Waals surface area contributed by atoms with E-state index in [4.69, 9.17) is 0 Å². The third-order valence-electron chi connectivity index (χ3n) is 3.37. The lowest BCUT2D eigenvalue weighted by molar-refractivity contribution is 0.310. The second-order valence-corrected chi connectivity index (χ2v) is 8.65. The van der Waals surface area contributed by atoms with E-state index in [1.165, 1.54) is 22.5 Å². The number of hydrogen-bond donors (Lipinski definition) is 1. The van der Waals surface area contributed by atoms with E-state index in [0.29, 0.717) is 12.8 Å². The van der Waals surface area contributed by atoms with Crippen molar-refractivity contribution in [1.29, 1.82) is 0 Å². The van der Waals surface area contributed by atoms with Crippen molar-refractivity contribution in [3.05, 3.63) is 30.1 Å². The van der Waals surface area contributed by atoms with Crippen molar-refractivity contribution in [3.63, 3.8) is 0 Å². The zero-order chi connectivity index (χ0) is 15.7. The molecule has 0 atom stereocenters. The molecule has 1 heterocycles. The van der Waals surface area contributed by atoms with Crippen LogP contribution in [0, 0.1) is 5.82 Å². The zero-order valence-electron chi connectivity index (χ0n) is 11.5. The van der Waals surface area contributed by atoms with Crippen LogP contribution in [-0.2, 0) is 20.0 Å². The van der Waals surface area contributed by atoms with Gasteiger partial charge in [0, 0.05) is 19.1 Å². The quantitative estimate of drug-likeness (QED) is 0.869. The highest BCUT2D eigenvalue weighted by Gasteiger charge is 2.29. The van der Waals surface area contributed by atoms with Crippen LogP contribution in [-0.4, -0.2) is 46.5 Å². The summed E-state index contributed by atoms with van der Waals surface area (Å²) in [6.45, 7) is 0.507. The van der Waals surface area contributed by atoms with E-state index >= 15 is 0 Å². The average molecular weight is 336 g/mol. The fraction of sp³-hybridized carbons (Fsp3) is 0.500. The number of nitrogens with zero attached hydrogens (tertiary/aromatic N) is 1. The average Bonchev–Trinajstić information content (AvgIpc) is 2.38. The van der Waals surface area contributed by atoms with Gasteiger partial charge in [0.1, 0.15) is 10.7 Å². The number of sulfonamides is 2. The number of hydrogen-bond acceptors (Lipinski definition) is 4. The van der Waals surface area contributed by atoms with Crippen LogP contribution in [0.4, 0.5) is 4.39 Å². The second kappa shape index (κ2) is 5.99. The van der Waals surface area contributed by atoms with Gasteiger partial charge in [-0.1, -0.05) is 12.1 Å². The molecule has 1 saturated heterocycles. The fourth-order valence-electron chi connectivity index (χ4n) is 2.25. The third kappa shape index (κ3) is 4.00. The normalized spacial score (nSPS) is 18.8. The lowest BCUT2D eigenvalue weighted by atomic mass is 10.1. The summed E-state index contributed by atoms with van der Waals surface area (Å²) in [5, 5.41) is 0. The highest BCUT2D eigenvalue weighted by Crippen LogP contribution is 2.18. The maximum absolute atomic E-state index is 13.6. The van der Waals surface area contributed by atoms with Gasteiger partial charge in [-0.15, -0.1) is 0 Å². The van der Waals surface area contributed by atoms with Crippen molar-refractivity contribution in [2.24, 2.45) is 0 Å². The molecule has 0 saturated carbocycles. The van der Waals surface area contributed by atoms with Gasteiger partial charge in [0.05, 0.1) is 6.26 Å². The first-order valence-corrected chi connectivity index (χ1v) is 9.75. The molecule has 0 amide bonds. The van der Waals surface area contributed by atoms with Gasteiger partial charge in [0.2, 0.25) is 20.0 Å². The van der Waals surface area contributed by atoms with Crippen molar-refractivity contribution in [2.45, 2.75) is 23.8 Å². The van der Waals surface area contributed by atoms with Crippen LogP contribution < -0.4 is 4.72 Å². The van der Waals surface area contributed by atoms with Gasteiger partial charge in [-0.3, -0.25) is 0 Å². The first-order chi connectivity index (χ1) is 9.70. The van der Waals surface area contributed by atoms with Crippen LogP contribution in [0.15, 0.2) is 29.2 Å². The molecule has 0 aliphatic carbocycles. The Labute approximate surface area is 124 Å². The van der Waals surface area contributed by atoms with Crippen molar-refractivity contribution >= 4 is 20.0 Å². The summed E-state index contributed by atoms with van der Waals surface area (Å²) in [4.78, 5) is -0.393. The number of piperidine rings is 1. The Morgan fingerprint density at radius 1 is 1.14 bits per heavy atom. The molecular weight excluding hydrogens is 319 g/mol. The van der Waals surface area contributed by atoms with Crippen molar-refractivity contribution in [1.82, 2.24) is 9.03 Å². The van der Waals surface area contributed by atoms with Gasteiger partial charge in [0.15, 0.2) is 0 Å². The summed E-state index contributed by atoms with van der Waals surface area (Å²) in [7, 11) is -7.19. The summed E-state index contributed by atoms with van der Waals surface area (Å²) in [5.74, 6) is -0.807. The lowest BCUT2D eigenvalue weighted by Crippen LogP contribution is -2.46. The summed E-state index contributed by atoms with van der Waals surface area (Å²) in [6.07, 6.45) is 1.85. The summed E-state index contributed by atoms with van der Waals surface area (Å²) >= 11 is 0. The minimum atomic E-state index is -3.94. The van der Waals surface area contributed by atoms with Crippen LogP contribution in [0.5, 0.6) is 0 Å². The predicted molar refractivity (Wildman–Crippen MR) is 76.2 cm³/mol. The number of benzene rings is 1. The molecular formula is C12H17FN2O4S2. The highest BCUT2D eigenvalue weighted by atomic mass is 32.2. The maximum Gasteiger partial charge on any atom is 0.243 e. The Morgan fingerprint density at radius 2 is 1.71 bits per heavy atom. The van der Waals surface area contributed by atoms with E-state index in [0.717, 1.165) is 12.3 Å². The fourth-order valence-corrected chi connectivity index (χ4v) is 4.51. The summed E-state index contributed by atoms with van der Waals surface area (Å²) < 4.78 is 64.3. The molecule has 1 N–H and O–H groups in total. The monoisotopic (exact) mass is 336 g/mol. The largest absolute Gasteiger partial charge is 0.243 e. The van der Waals surface area contributed by atoms with Crippen LogP contribution >= 0.6 is 0 Å². The van der Waals surface area contributed by atoms with Gasteiger partial charge < -0.3 is 0 Å². The molecule has 0 radical (unpaired) electrons. The van der Waals surface area contributed by atoms with Gasteiger partial charge in [-0.05, 0) is 25.0 Å². The molecule has 1 aromatic carbocycles. The van der Waals surface area contributed by atoms with Gasteiger partial charge >= 0.3 is 0 Å². The second-order valence-electron chi connectivity index (χ2n) is 4.99. The first kappa shape index (κ1) is 16.3. The van der Waals surface area contributed by atoms with Crippen LogP contribution in [0.3, 0.4) is 0 Å². The molecule has 1 fully saturated rings. The van der Waals surface area contributed by atoms with Crippen LogP contribution in [0.25, 0.3) is 0 Å². The Kier molecular flexibility index (Phi) is 4.66. The molecule has 0 aromatic heterocycles. The molecule has 2 rings (SSSR count). The Bertz CT molecular complexity index is 711. The summed E-state index contributed by atoms with van der Waals surface area (Å²) in [6, 6.07) is 4.75. The minimum Gasteiger partial charge on any atom is -0.213 e. The van der Waals surface area contributed by atoms with Crippen LogP contribution in [0.1, 0.15) is 12.8 Å². The van der Waals surface area contributed by atoms with E-state index in [9.17, 15) is 21.2 Å². The molecule has 21 heavy (non-hydrogen) atoms. The standard InChI is InChI=1S/C12H17FN2O4S2/c1-20(16,17)15-8-6-10(7-9-15)14-21(18,19)12-5-3-2-4-11(12)13/h2-5,10,14H,6-9H2,1H3. The van der Waals surface area contributed by atoms with Gasteiger partial charge in [0.25, 0.3) is 0 Å². The van der Waals surface area contributed by atoms with E-state index in [1.807, 2.05) is 0 Å². The molecule has 1 aliphatic heterocycles. The summed E-state index contributed by atoms with van der Waals surface area (Å²) in [5.41, 5.74) is 0. The molecule has 6 nitrogen and oxygen atoms in total. The maximum atomic E-state index is 13.6. The van der Waals surface area contributed by atoms with Crippen molar-refractivity contribution in [2.75, 3.05) is 19.3 Å². The van der Waals surface area contributed by atoms with Crippen LogP contribution in [0.2, 0.25) is 0 Å². The highest BCUT2D eigenvalue weighted by molar-refractivity contribution is 7.89. The molecule has 1 aromatic rings. The third-order valence-corrected chi connectivity index (χ3v) is 6.23. The van der Waals surface area contributed by atoms with E-state index in [-0.39, 0.29) is 13.1 Å². The Balaban J connectivity index is 2.05. The number of nitrogens with one attached hydrogen (secondary N) is 1. The van der Waals surface area contributed by atoms with Gasteiger partial charge in [-0.25, -0.2) is 30.3 Å². The van der Waals surface area contributed by atoms with E-state index in [1.54, 1.807) is 0 Å². The van der Waals surface area contributed by atoms with Crippen molar-refractivity contribution in [3.8, 4) is 0 Å². The number of halogens is 1. The molecule has 0 bridgehead atoms. The minimum absolute atomic E-state index is 0.253. The molecule has 0 unspecified atom stereocenters. The topological polar surface area (TPSA) is 83.6 Å². The van der Waals surface area contributed by atoms with E-state index < -0.39 is 36.8 Å². The predicted octanol–water partition coefficient (Wildman–Crippen LogP) is 0.528. The Morgan fingerprint density at radius 3 is 2.24 bits per heavy atom. The van der Waals surface area contributed by atoms with Gasteiger partial charge in [-0.2, -0.15) is 0 Å². The SMILES string of the molecule is CS(=O)(=O)N1CCC(NS(=O)(=O)c2ccccc2F)CC1.